The van der Waals surface area contributed by atoms with E-state index in [0.29, 0.717) is 41.8 Å². The molecule has 0 fully saturated rings. The van der Waals surface area contributed by atoms with Gasteiger partial charge in [-0.25, -0.2) is 4.79 Å². The number of nitrogens with one attached hydrogen (secondary N) is 1. The van der Waals surface area contributed by atoms with Crippen LogP contribution in [0, 0.1) is 0 Å². The fourth-order valence-corrected chi connectivity index (χ4v) is 4.54. The van der Waals surface area contributed by atoms with E-state index in [1.807, 2.05) is 35.7 Å². The van der Waals surface area contributed by atoms with Gasteiger partial charge in [-0.15, -0.1) is 17.9 Å². The van der Waals surface area contributed by atoms with Gasteiger partial charge in [-0.05, 0) is 41.3 Å². The molecule has 1 aromatic heterocycles. The first kappa shape index (κ1) is 25.9. The number of ether oxygens (including phenoxy) is 4. The molecule has 194 valence electrons. The summed E-state index contributed by atoms with van der Waals surface area (Å²) in [6, 6.07) is 14.2. The Labute approximate surface area is 219 Å². The molecule has 0 saturated carbocycles. The van der Waals surface area contributed by atoms with Crippen molar-refractivity contribution in [2.24, 2.45) is 0 Å². The largest absolute Gasteiger partial charge is 0.497 e. The van der Waals surface area contributed by atoms with Crippen molar-refractivity contribution >= 4 is 29.0 Å². The number of rotatable bonds is 11. The van der Waals surface area contributed by atoms with Gasteiger partial charge in [0, 0.05) is 24.0 Å². The highest BCUT2D eigenvalue weighted by molar-refractivity contribution is 7.09. The first-order valence-corrected chi connectivity index (χ1v) is 12.5. The normalized spacial score (nSPS) is 11.5. The second kappa shape index (κ2) is 12.2. The molecule has 0 spiro atoms. The van der Waals surface area contributed by atoms with Crippen LogP contribution in [0.15, 0.2) is 66.6 Å². The summed E-state index contributed by atoms with van der Waals surface area (Å²) >= 11 is 1.57. The van der Waals surface area contributed by atoms with Crippen molar-refractivity contribution in [1.29, 1.82) is 0 Å². The first-order valence-electron chi connectivity index (χ1n) is 11.6. The van der Waals surface area contributed by atoms with Crippen molar-refractivity contribution in [3.05, 3.63) is 77.0 Å². The van der Waals surface area contributed by atoms with Crippen LogP contribution >= 0.6 is 11.3 Å². The van der Waals surface area contributed by atoms with Gasteiger partial charge < -0.3 is 34.1 Å². The third kappa shape index (κ3) is 6.53. The topological polar surface area (TPSA) is 89.6 Å². The number of hydrogen-bond donors (Lipinski definition) is 1. The smallest absolute Gasteiger partial charge is 0.322 e. The highest BCUT2D eigenvalue weighted by Crippen LogP contribution is 2.33. The molecule has 0 saturated heterocycles. The Hall–Kier alpha value is -4.18. The van der Waals surface area contributed by atoms with Gasteiger partial charge in [0.15, 0.2) is 11.5 Å². The predicted octanol–water partition coefficient (Wildman–Crippen LogP) is 4.74. The lowest BCUT2D eigenvalue weighted by atomic mass is 10.2. The van der Waals surface area contributed by atoms with E-state index in [4.69, 9.17) is 18.9 Å². The number of carbonyl (C=O) groups excluding carboxylic acids is 2. The number of amides is 3. The number of benzene rings is 2. The lowest BCUT2D eigenvalue weighted by Crippen LogP contribution is -2.44. The van der Waals surface area contributed by atoms with Crippen LogP contribution in [-0.2, 0) is 17.9 Å². The number of methoxy groups -OCH3 is 2. The molecule has 0 unspecified atom stereocenters. The molecule has 10 heteroatoms. The number of thiophene rings is 1. The molecule has 3 amide bonds. The molecule has 0 atom stereocenters. The third-order valence-electron chi connectivity index (χ3n) is 5.70. The van der Waals surface area contributed by atoms with Crippen LogP contribution in [-0.4, -0.2) is 55.8 Å². The van der Waals surface area contributed by atoms with E-state index in [9.17, 15) is 9.59 Å². The lowest BCUT2D eigenvalue weighted by Gasteiger charge is -2.27. The van der Waals surface area contributed by atoms with Crippen LogP contribution in [0.5, 0.6) is 23.0 Å². The molecule has 37 heavy (non-hydrogen) atoms. The molecule has 4 rings (SSSR count). The minimum Gasteiger partial charge on any atom is -0.497 e. The standard InChI is InChI=1S/C27H29N3O6S/c1-4-11-29(27(32)28-22-9-8-20(33-2)14-24(22)34-3)17-26(31)30(16-21-6-5-12-37-21)15-19-7-10-23-25(13-19)36-18-35-23/h4-10,12-14H,1,11,15-18H2,2-3H3,(H,28,32). The monoisotopic (exact) mass is 523 g/mol. The van der Waals surface area contributed by atoms with Crippen LogP contribution in [0.25, 0.3) is 0 Å². The minimum atomic E-state index is -0.448. The molecule has 1 N–H and O–H groups in total. The molecule has 0 aliphatic carbocycles. The Morgan fingerprint density at radius 2 is 1.89 bits per heavy atom. The van der Waals surface area contributed by atoms with Crippen molar-refractivity contribution in [2.45, 2.75) is 13.1 Å². The van der Waals surface area contributed by atoms with E-state index in [1.165, 1.54) is 12.0 Å². The summed E-state index contributed by atoms with van der Waals surface area (Å²) in [6.07, 6.45) is 1.58. The van der Waals surface area contributed by atoms with Crippen molar-refractivity contribution in [3.63, 3.8) is 0 Å². The van der Waals surface area contributed by atoms with E-state index >= 15 is 0 Å². The lowest BCUT2D eigenvalue weighted by molar-refractivity contribution is -0.132. The van der Waals surface area contributed by atoms with Gasteiger partial charge in [0.05, 0.1) is 26.5 Å². The zero-order valence-electron chi connectivity index (χ0n) is 20.8. The molecule has 0 radical (unpaired) electrons. The Kier molecular flexibility index (Phi) is 8.52. The van der Waals surface area contributed by atoms with E-state index in [2.05, 4.69) is 11.9 Å². The molecule has 2 aromatic carbocycles. The highest BCUT2D eigenvalue weighted by atomic mass is 32.1. The van der Waals surface area contributed by atoms with E-state index in [1.54, 1.807) is 47.6 Å². The number of hydrogen-bond acceptors (Lipinski definition) is 7. The zero-order chi connectivity index (χ0) is 26.2. The maximum Gasteiger partial charge on any atom is 0.322 e. The summed E-state index contributed by atoms with van der Waals surface area (Å²) in [7, 11) is 3.06. The summed E-state index contributed by atoms with van der Waals surface area (Å²) in [5, 5.41) is 4.80. The first-order chi connectivity index (χ1) is 18.0. The Balaban J connectivity index is 1.50. The molecular formula is C27H29N3O6S. The molecule has 9 nitrogen and oxygen atoms in total. The molecule has 0 bridgehead atoms. The van der Waals surface area contributed by atoms with Crippen LogP contribution in [0.1, 0.15) is 10.4 Å². The van der Waals surface area contributed by atoms with E-state index in [0.717, 1.165) is 10.4 Å². The summed E-state index contributed by atoms with van der Waals surface area (Å²) < 4.78 is 21.5. The van der Waals surface area contributed by atoms with E-state index in [-0.39, 0.29) is 25.8 Å². The number of carbonyl (C=O) groups is 2. The minimum absolute atomic E-state index is 0.133. The third-order valence-corrected chi connectivity index (χ3v) is 6.56. The fourth-order valence-electron chi connectivity index (χ4n) is 3.82. The number of anilines is 1. The van der Waals surface area contributed by atoms with Crippen LogP contribution < -0.4 is 24.3 Å². The molecular weight excluding hydrogens is 494 g/mol. The summed E-state index contributed by atoms with van der Waals surface area (Å²) in [5.41, 5.74) is 1.36. The average Bonchev–Trinajstić information content (AvgIpc) is 3.60. The highest BCUT2D eigenvalue weighted by Gasteiger charge is 2.23. The van der Waals surface area contributed by atoms with Crippen molar-refractivity contribution < 1.29 is 28.5 Å². The summed E-state index contributed by atoms with van der Waals surface area (Å²) in [6.45, 7) is 4.75. The summed E-state index contributed by atoms with van der Waals surface area (Å²) in [4.78, 5) is 30.9. The van der Waals surface area contributed by atoms with Crippen molar-refractivity contribution in [1.82, 2.24) is 9.80 Å². The molecule has 3 aromatic rings. The van der Waals surface area contributed by atoms with Crippen LogP contribution in [0.3, 0.4) is 0 Å². The quantitative estimate of drug-likeness (QED) is 0.365. The maximum atomic E-state index is 13.5. The van der Waals surface area contributed by atoms with E-state index < -0.39 is 6.03 Å². The van der Waals surface area contributed by atoms with Gasteiger partial charge in [-0.1, -0.05) is 18.2 Å². The van der Waals surface area contributed by atoms with Gasteiger partial charge in [0.25, 0.3) is 0 Å². The molecule has 2 heterocycles. The van der Waals surface area contributed by atoms with Crippen LogP contribution in [0.2, 0.25) is 0 Å². The number of fused-ring (bicyclic) bond motifs is 1. The molecule has 1 aliphatic rings. The van der Waals surface area contributed by atoms with Crippen molar-refractivity contribution in [2.75, 3.05) is 39.4 Å². The maximum absolute atomic E-state index is 13.5. The van der Waals surface area contributed by atoms with Crippen molar-refractivity contribution in [3.8, 4) is 23.0 Å². The van der Waals surface area contributed by atoms with Crippen LogP contribution in [0.4, 0.5) is 10.5 Å². The Morgan fingerprint density at radius 1 is 1.05 bits per heavy atom. The van der Waals surface area contributed by atoms with Gasteiger partial charge >= 0.3 is 6.03 Å². The Bertz CT molecular complexity index is 1250. The number of urea groups is 1. The van der Waals surface area contributed by atoms with Gasteiger partial charge in [-0.3, -0.25) is 4.79 Å². The SMILES string of the molecule is C=CCN(CC(=O)N(Cc1ccc2c(c1)OCO2)Cc1cccs1)C(=O)Nc1ccc(OC)cc1OC. The molecule has 1 aliphatic heterocycles. The summed E-state index contributed by atoms with van der Waals surface area (Å²) in [5.74, 6) is 2.18. The second-order valence-electron chi connectivity index (χ2n) is 8.18. The zero-order valence-corrected chi connectivity index (χ0v) is 21.6. The fraction of sp³-hybridized carbons (Fsp3) is 0.259. The van der Waals surface area contributed by atoms with Gasteiger partial charge in [0.1, 0.15) is 18.0 Å². The Morgan fingerprint density at radius 3 is 2.62 bits per heavy atom. The number of nitrogens with zero attached hydrogens (tertiary/aromatic N) is 2. The van der Waals surface area contributed by atoms with Gasteiger partial charge in [-0.2, -0.15) is 0 Å². The predicted molar refractivity (Wildman–Crippen MR) is 141 cm³/mol. The second-order valence-corrected chi connectivity index (χ2v) is 9.21. The van der Waals surface area contributed by atoms with Gasteiger partial charge in [0.2, 0.25) is 12.7 Å². The average molecular weight is 524 g/mol.